The number of rotatable bonds is 6. The molecule has 0 saturated heterocycles. The van der Waals surface area contributed by atoms with Gasteiger partial charge in [0.2, 0.25) is 0 Å². The van der Waals surface area contributed by atoms with Gasteiger partial charge in [-0.1, -0.05) is 77.0 Å². The fourth-order valence-corrected chi connectivity index (χ4v) is 1.49. The van der Waals surface area contributed by atoms with E-state index in [9.17, 15) is 8.78 Å². The molecule has 0 spiro atoms. The Morgan fingerprint density at radius 2 is 1.12 bits per heavy atom. The molecule has 0 aromatic carbocycles. The quantitative estimate of drug-likeness (QED) is 0.286. The normalized spacial score (nSPS) is 20.8. The van der Waals surface area contributed by atoms with Crippen LogP contribution < -0.4 is 0 Å². The molecule has 0 radical (unpaired) electrons. The minimum absolute atomic E-state index is 0.581. The molecule has 0 heterocycles. The highest BCUT2D eigenvalue weighted by molar-refractivity contribution is 14.1. The predicted octanol–water partition coefficient (Wildman–Crippen LogP) is 5.55. The molecular formula is C10H16Br2F2I2O. The summed E-state index contributed by atoms with van der Waals surface area (Å²) >= 11 is 10.6. The van der Waals surface area contributed by atoms with Crippen LogP contribution in [0.5, 0.6) is 0 Å². The number of hydrogen-bond donors (Lipinski definition) is 0. The van der Waals surface area contributed by atoms with E-state index in [1.54, 1.807) is 27.7 Å². The minimum atomic E-state index is -0.842. The zero-order valence-electron chi connectivity index (χ0n) is 10.1. The van der Waals surface area contributed by atoms with Crippen molar-refractivity contribution in [2.45, 2.75) is 43.6 Å². The predicted molar refractivity (Wildman–Crippen MR) is 92.5 cm³/mol. The average molecular weight is 604 g/mol. The zero-order chi connectivity index (χ0) is 14.1. The highest BCUT2D eigenvalue weighted by atomic mass is 127. The smallest absolute Gasteiger partial charge is 0.133 e. The van der Waals surface area contributed by atoms with Gasteiger partial charge in [-0.2, -0.15) is 0 Å². The van der Waals surface area contributed by atoms with Crippen LogP contribution in [-0.2, 0) is 4.74 Å². The summed E-state index contributed by atoms with van der Waals surface area (Å²) in [6.45, 7) is 5.98. The molecule has 7 heteroatoms. The van der Waals surface area contributed by atoms with Gasteiger partial charge in [-0.05, 0) is 27.7 Å². The lowest BCUT2D eigenvalue weighted by Gasteiger charge is -2.46. The Bertz CT molecular complexity index is 245. The van der Waals surface area contributed by atoms with E-state index in [1.165, 1.54) is 0 Å². The molecule has 0 N–H and O–H groups in total. The van der Waals surface area contributed by atoms with Crippen LogP contribution in [0.15, 0.2) is 0 Å². The Morgan fingerprint density at radius 3 is 1.29 bits per heavy atom. The Labute approximate surface area is 146 Å². The molecule has 0 aromatic rings. The molecule has 0 fully saturated rings. The van der Waals surface area contributed by atoms with Crippen LogP contribution in [0.1, 0.15) is 27.7 Å². The summed E-state index contributed by atoms with van der Waals surface area (Å²) in [5.74, 6) is 0. The summed E-state index contributed by atoms with van der Waals surface area (Å²) < 4.78 is 30.3. The molecule has 0 aliphatic carbocycles. The number of alkyl halides is 6. The Morgan fingerprint density at radius 1 is 0.882 bits per heavy atom. The van der Waals surface area contributed by atoms with Crippen LogP contribution in [0.2, 0.25) is 0 Å². The highest BCUT2D eigenvalue weighted by Gasteiger charge is 2.51. The molecule has 104 valence electrons. The summed E-state index contributed by atoms with van der Waals surface area (Å²) in [6.07, 6.45) is 0. The van der Waals surface area contributed by atoms with Gasteiger partial charge in [-0.3, -0.25) is 0 Å². The number of ether oxygens (including phenoxy) is 1. The van der Waals surface area contributed by atoms with Crippen molar-refractivity contribution < 1.29 is 13.5 Å². The van der Waals surface area contributed by atoms with Crippen LogP contribution in [-0.4, -0.2) is 29.2 Å². The maximum atomic E-state index is 13.0. The third-order valence-corrected chi connectivity index (χ3v) is 8.12. The van der Waals surface area contributed by atoms with Crippen LogP contribution in [0.25, 0.3) is 0 Å². The van der Waals surface area contributed by atoms with Gasteiger partial charge in [0.25, 0.3) is 0 Å². The van der Waals surface area contributed by atoms with Crippen molar-refractivity contribution in [1.29, 1.82) is 0 Å². The first kappa shape index (κ1) is 19.2. The van der Waals surface area contributed by atoms with Crippen molar-refractivity contribution in [1.82, 2.24) is 0 Å². The van der Waals surface area contributed by atoms with E-state index in [0.29, 0.717) is 0 Å². The second-order valence-electron chi connectivity index (χ2n) is 4.80. The van der Waals surface area contributed by atoms with Gasteiger partial charge in [0.1, 0.15) is 18.0 Å². The fourth-order valence-electron chi connectivity index (χ4n) is 1.11. The van der Waals surface area contributed by atoms with Crippen LogP contribution in [0.4, 0.5) is 8.78 Å². The van der Waals surface area contributed by atoms with Crippen LogP contribution in [0, 0.1) is 0 Å². The highest BCUT2D eigenvalue weighted by Crippen LogP contribution is 2.48. The van der Waals surface area contributed by atoms with E-state index in [4.69, 9.17) is 4.74 Å². The third-order valence-electron chi connectivity index (χ3n) is 2.61. The molecular weight excluding hydrogens is 588 g/mol. The van der Waals surface area contributed by atoms with Crippen molar-refractivity contribution in [2.75, 3.05) is 13.3 Å². The van der Waals surface area contributed by atoms with E-state index in [2.05, 4.69) is 31.9 Å². The van der Waals surface area contributed by atoms with Crippen LogP contribution >= 0.6 is 77.0 Å². The van der Waals surface area contributed by atoms with Gasteiger partial charge >= 0.3 is 0 Å². The van der Waals surface area contributed by atoms with Gasteiger partial charge < -0.3 is 4.74 Å². The topological polar surface area (TPSA) is 9.23 Å². The minimum Gasteiger partial charge on any atom is -0.365 e. The standard InChI is InChI=1S/C10H16Br2F2I2O/c1-7(2,9(11,15)5-13)17-8(3,4)10(12,16)6-14/h5-6H2,1-4H3. The number of halogens is 6. The van der Waals surface area contributed by atoms with E-state index in [-0.39, 0.29) is 0 Å². The number of hydrogen-bond acceptors (Lipinski definition) is 1. The first-order valence-corrected chi connectivity index (χ1v) is 8.65. The molecule has 0 aliphatic rings. The Balaban J connectivity index is 5.07. The summed E-state index contributed by atoms with van der Waals surface area (Å²) in [6, 6.07) is 0. The summed E-state index contributed by atoms with van der Waals surface area (Å²) in [7, 11) is 0. The van der Waals surface area contributed by atoms with Crippen molar-refractivity contribution in [3.8, 4) is 0 Å². The van der Waals surface area contributed by atoms with Crippen molar-refractivity contribution in [2.24, 2.45) is 0 Å². The maximum Gasteiger partial charge on any atom is 0.133 e. The monoisotopic (exact) mass is 602 g/mol. The van der Waals surface area contributed by atoms with Gasteiger partial charge in [0, 0.05) is 0 Å². The molecule has 0 aliphatic heterocycles. The maximum absolute atomic E-state index is 13.0. The summed E-state index contributed by atoms with van der Waals surface area (Å²) in [4.78, 5) is 0. The molecule has 17 heavy (non-hydrogen) atoms. The SMILES string of the molecule is CC(C)(OC(C)(C)C(Br)(I)CF)C(Br)(I)CF. The molecule has 0 bridgehead atoms. The lowest BCUT2D eigenvalue weighted by atomic mass is 10.0. The van der Waals surface area contributed by atoms with E-state index < -0.39 is 29.2 Å². The second kappa shape index (κ2) is 6.34. The van der Waals surface area contributed by atoms with Crippen molar-refractivity contribution in [3.63, 3.8) is 0 Å². The summed E-state index contributed by atoms with van der Waals surface area (Å²) in [5.41, 5.74) is -1.57. The Kier molecular flexibility index (Phi) is 7.18. The van der Waals surface area contributed by atoms with Gasteiger partial charge in [-0.25, -0.2) is 8.78 Å². The first-order chi connectivity index (χ1) is 7.33. The van der Waals surface area contributed by atoms with E-state index in [0.717, 1.165) is 0 Å². The summed E-state index contributed by atoms with van der Waals surface area (Å²) in [5, 5.41) is 0. The largest absolute Gasteiger partial charge is 0.365 e. The van der Waals surface area contributed by atoms with E-state index >= 15 is 0 Å². The molecule has 2 unspecified atom stereocenters. The Hall–Kier alpha value is 2.24. The lowest BCUT2D eigenvalue weighted by Crippen LogP contribution is -2.55. The molecule has 1 nitrogen and oxygen atoms in total. The van der Waals surface area contributed by atoms with Crippen molar-refractivity contribution in [3.05, 3.63) is 0 Å². The molecule has 2 atom stereocenters. The molecule has 0 rings (SSSR count). The third kappa shape index (κ3) is 4.63. The van der Waals surface area contributed by atoms with Crippen molar-refractivity contribution >= 4 is 77.0 Å². The second-order valence-corrected chi connectivity index (χ2v) is 14.2. The average Bonchev–Trinajstić information content (AvgIpc) is 2.15. The molecule has 0 saturated carbocycles. The fraction of sp³-hybridized carbons (Fsp3) is 1.00. The zero-order valence-corrected chi connectivity index (χ0v) is 17.6. The molecule has 0 amide bonds. The first-order valence-electron chi connectivity index (χ1n) is 4.91. The van der Waals surface area contributed by atoms with Gasteiger partial charge in [-0.15, -0.1) is 0 Å². The lowest BCUT2D eigenvalue weighted by molar-refractivity contribution is -0.128. The van der Waals surface area contributed by atoms with Gasteiger partial charge in [0.05, 0.1) is 11.2 Å². The van der Waals surface area contributed by atoms with E-state index in [1.807, 2.05) is 45.2 Å². The van der Waals surface area contributed by atoms with Gasteiger partial charge in [0.15, 0.2) is 0 Å². The van der Waals surface area contributed by atoms with Crippen LogP contribution in [0.3, 0.4) is 0 Å². The molecule has 0 aromatic heterocycles.